The van der Waals surface area contributed by atoms with Gasteiger partial charge < -0.3 is 15.5 Å². The van der Waals surface area contributed by atoms with E-state index >= 15 is 0 Å². The maximum atomic E-state index is 11.6. The Morgan fingerprint density at radius 2 is 2.05 bits per heavy atom. The molecule has 1 amide bonds. The summed E-state index contributed by atoms with van der Waals surface area (Å²) in [4.78, 5) is 17.7. The van der Waals surface area contributed by atoms with Crippen LogP contribution >= 0.6 is 0 Å². The fourth-order valence-electron chi connectivity index (χ4n) is 1.85. The number of aliphatic imine (C=N–C) groups is 1. The first-order chi connectivity index (χ1) is 10.4. The molecule has 22 heavy (non-hydrogen) atoms. The Kier molecular flexibility index (Phi) is 7.16. The molecule has 2 N–H and O–H groups in total. The number of nitrogens with zero attached hydrogens (tertiary/aromatic N) is 2. The Hall–Kier alpha value is -2.30. The second-order valence-corrected chi connectivity index (χ2v) is 5.41. The number of guanidine groups is 1. The summed E-state index contributed by atoms with van der Waals surface area (Å²) in [7, 11) is 3.46. The summed E-state index contributed by atoms with van der Waals surface area (Å²) in [6.45, 7) is 9.20. The predicted molar refractivity (Wildman–Crippen MR) is 92.0 cm³/mol. The van der Waals surface area contributed by atoms with Gasteiger partial charge in [0.25, 0.3) is 0 Å². The lowest BCUT2D eigenvalue weighted by Gasteiger charge is -2.14. The fourth-order valence-corrected chi connectivity index (χ4v) is 1.85. The highest BCUT2D eigenvalue weighted by Crippen LogP contribution is 2.11. The van der Waals surface area contributed by atoms with Gasteiger partial charge in [0.05, 0.1) is 13.1 Å². The first-order valence-corrected chi connectivity index (χ1v) is 7.33. The van der Waals surface area contributed by atoms with E-state index in [9.17, 15) is 4.79 Å². The highest BCUT2D eigenvalue weighted by atomic mass is 16.2. The molecular formula is C17H26N4O. The van der Waals surface area contributed by atoms with Crippen LogP contribution in [0.15, 0.2) is 35.8 Å². The number of rotatable bonds is 6. The highest BCUT2D eigenvalue weighted by molar-refractivity contribution is 5.86. The van der Waals surface area contributed by atoms with Gasteiger partial charge in [0.1, 0.15) is 0 Å². The number of carbonyl (C=O) groups is 1. The number of amides is 1. The van der Waals surface area contributed by atoms with E-state index in [0.717, 1.165) is 0 Å². The van der Waals surface area contributed by atoms with Crippen LogP contribution < -0.4 is 10.6 Å². The molecule has 0 aliphatic heterocycles. The maximum Gasteiger partial charge on any atom is 0.241 e. The summed E-state index contributed by atoms with van der Waals surface area (Å²) in [6, 6.07) is 6.31. The van der Waals surface area contributed by atoms with Crippen molar-refractivity contribution in [1.29, 1.82) is 0 Å². The van der Waals surface area contributed by atoms with E-state index in [1.54, 1.807) is 25.1 Å². The van der Waals surface area contributed by atoms with Crippen molar-refractivity contribution < 1.29 is 4.79 Å². The zero-order valence-electron chi connectivity index (χ0n) is 13.9. The van der Waals surface area contributed by atoms with Gasteiger partial charge in [-0.15, -0.1) is 6.58 Å². The van der Waals surface area contributed by atoms with Gasteiger partial charge in [0, 0.05) is 20.6 Å². The van der Waals surface area contributed by atoms with Crippen molar-refractivity contribution in [2.45, 2.75) is 20.4 Å². The molecule has 0 saturated carbocycles. The van der Waals surface area contributed by atoms with Gasteiger partial charge in [-0.2, -0.15) is 0 Å². The molecule has 0 saturated heterocycles. The van der Waals surface area contributed by atoms with E-state index in [2.05, 4.69) is 54.3 Å². The van der Waals surface area contributed by atoms with Gasteiger partial charge >= 0.3 is 0 Å². The molecule has 0 radical (unpaired) electrons. The van der Waals surface area contributed by atoms with E-state index in [-0.39, 0.29) is 12.5 Å². The molecule has 0 aromatic heterocycles. The number of carbonyl (C=O) groups excluding carboxylic acids is 1. The van der Waals surface area contributed by atoms with Crippen LogP contribution in [0.2, 0.25) is 0 Å². The topological polar surface area (TPSA) is 56.7 Å². The molecule has 0 fully saturated rings. The van der Waals surface area contributed by atoms with Gasteiger partial charge in [0.2, 0.25) is 5.91 Å². The molecule has 0 spiro atoms. The van der Waals surface area contributed by atoms with Crippen LogP contribution in [0, 0.1) is 13.8 Å². The average Bonchev–Trinajstić information content (AvgIpc) is 2.47. The van der Waals surface area contributed by atoms with Crippen LogP contribution in [0.3, 0.4) is 0 Å². The third kappa shape index (κ3) is 5.99. The molecular weight excluding hydrogens is 276 g/mol. The number of likely N-dealkylation sites (N-methyl/N-ethyl adjacent to an activating group) is 1. The second kappa shape index (κ2) is 8.87. The molecule has 0 aliphatic rings. The third-order valence-electron chi connectivity index (χ3n) is 3.23. The summed E-state index contributed by atoms with van der Waals surface area (Å²) < 4.78 is 0. The second-order valence-electron chi connectivity index (χ2n) is 5.41. The third-order valence-corrected chi connectivity index (χ3v) is 3.23. The monoisotopic (exact) mass is 302 g/mol. The van der Waals surface area contributed by atoms with Crippen molar-refractivity contribution in [2.24, 2.45) is 4.99 Å². The number of hydrogen-bond donors (Lipinski definition) is 2. The lowest BCUT2D eigenvalue weighted by atomic mass is 10.1. The Labute approximate surface area is 133 Å². The first-order valence-electron chi connectivity index (χ1n) is 7.33. The molecule has 0 aliphatic carbocycles. The van der Waals surface area contributed by atoms with E-state index in [0.29, 0.717) is 19.0 Å². The zero-order chi connectivity index (χ0) is 16.5. The smallest absolute Gasteiger partial charge is 0.241 e. The van der Waals surface area contributed by atoms with Gasteiger partial charge in [-0.3, -0.25) is 4.79 Å². The van der Waals surface area contributed by atoms with Crippen LogP contribution in [0.1, 0.15) is 16.7 Å². The Morgan fingerprint density at radius 3 is 2.64 bits per heavy atom. The van der Waals surface area contributed by atoms with E-state index in [4.69, 9.17) is 0 Å². The molecule has 1 aromatic rings. The molecule has 0 bridgehead atoms. The summed E-state index contributed by atoms with van der Waals surface area (Å²) in [6.07, 6.45) is 1.75. The van der Waals surface area contributed by atoms with Crippen LogP contribution in [-0.2, 0) is 11.3 Å². The van der Waals surface area contributed by atoms with Gasteiger partial charge in [-0.05, 0) is 25.0 Å². The molecule has 5 nitrogen and oxygen atoms in total. The minimum absolute atomic E-state index is 0.000352. The minimum Gasteiger partial charge on any atom is -0.353 e. The predicted octanol–water partition coefficient (Wildman–Crippen LogP) is 1.61. The lowest BCUT2D eigenvalue weighted by molar-refractivity contribution is -0.127. The molecule has 1 aromatic carbocycles. The molecule has 0 unspecified atom stereocenters. The van der Waals surface area contributed by atoms with Crippen molar-refractivity contribution in [2.75, 3.05) is 27.2 Å². The largest absolute Gasteiger partial charge is 0.353 e. The first kappa shape index (κ1) is 17.8. The van der Waals surface area contributed by atoms with Gasteiger partial charge in [0.15, 0.2) is 5.96 Å². The molecule has 120 valence electrons. The number of benzene rings is 1. The van der Waals surface area contributed by atoms with Crippen molar-refractivity contribution in [3.8, 4) is 0 Å². The quantitative estimate of drug-likeness (QED) is 0.477. The minimum atomic E-state index is -0.000352. The number of hydrogen-bond acceptors (Lipinski definition) is 2. The van der Waals surface area contributed by atoms with Crippen molar-refractivity contribution in [3.63, 3.8) is 0 Å². The van der Waals surface area contributed by atoms with Crippen LogP contribution in [0.5, 0.6) is 0 Å². The number of nitrogens with one attached hydrogen (secondary N) is 2. The number of aryl methyl sites for hydroxylation is 2. The van der Waals surface area contributed by atoms with Crippen molar-refractivity contribution in [1.82, 2.24) is 15.5 Å². The van der Waals surface area contributed by atoms with E-state index in [1.165, 1.54) is 16.7 Å². The molecule has 5 heteroatoms. The van der Waals surface area contributed by atoms with Crippen molar-refractivity contribution >= 4 is 11.9 Å². The summed E-state index contributed by atoms with van der Waals surface area (Å²) in [5.74, 6) is 0.606. The summed E-state index contributed by atoms with van der Waals surface area (Å²) in [5, 5.41) is 6.15. The fraction of sp³-hybridized carbons (Fsp3) is 0.412. The zero-order valence-corrected chi connectivity index (χ0v) is 13.9. The average molecular weight is 302 g/mol. The lowest BCUT2D eigenvalue weighted by Crippen LogP contribution is -2.43. The van der Waals surface area contributed by atoms with E-state index < -0.39 is 0 Å². The molecule has 0 heterocycles. The van der Waals surface area contributed by atoms with Crippen LogP contribution in [0.25, 0.3) is 0 Å². The van der Waals surface area contributed by atoms with Gasteiger partial charge in [-0.1, -0.05) is 29.8 Å². The molecule has 0 atom stereocenters. The van der Waals surface area contributed by atoms with Gasteiger partial charge in [-0.25, -0.2) is 4.99 Å². The summed E-state index contributed by atoms with van der Waals surface area (Å²) >= 11 is 0. The van der Waals surface area contributed by atoms with E-state index in [1.807, 2.05) is 0 Å². The Balaban J connectivity index is 2.72. The Bertz CT molecular complexity index is 550. The van der Waals surface area contributed by atoms with Crippen LogP contribution in [-0.4, -0.2) is 44.0 Å². The normalized spacial score (nSPS) is 11.0. The Morgan fingerprint density at radius 1 is 1.32 bits per heavy atom. The van der Waals surface area contributed by atoms with Crippen LogP contribution in [0.4, 0.5) is 0 Å². The molecule has 1 rings (SSSR count). The summed E-state index contributed by atoms with van der Waals surface area (Å²) in [5.41, 5.74) is 3.63. The maximum absolute atomic E-state index is 11.6. The highest BCUT2D eigenvalue weighted by Gasteiger charge is 2.05. The van der Waals surface area contributed by atoms with Crippen molar-refractivity contribution in [3.05, 3.63) is 47.5 Å². The SMILES string of the molecule is C=CCNC(=NCc1ccc(C)cc1C)NCC(=O)N(C)C. The standard InChI is InChI=1S/C17H26N4O/c1-6-9-18-17(20-12-16(22)21(4)5)19-11-15-8-7-13(2)10-14(15)3/h6-8,10H,1,9,11-12H2,2-5H3,(H2,18,19,20).